The van der Waals surface area contributed by atoms with Crippen LogP contribution in [0.15, 0.2) is 12.4 Å². The Bertz CT molecular complexity index is 318. The third-order valence-corrected chi connectivity index (χ3v) is 2.86. The van der Waals surface area contributed by atoms with Crippen LogP contribution in [0.25, 0.3) is 0 Å². The van der Waals surface area contributed by atoms with E-state index in [4.69, 9.17) is 5.84 Å². The van der Waals surface area contributed by atoms with Crippen molar-refractivity contribution in [2.24, 2.45) is 5.84 Å². The lowest BCUT2D eigenvalue weighted by Gasteiger charge is -2.31. The maximum Gasteiger partial charge on any atom is 0.145 e. The van der Waals surface area contributed by atoms with E-state index in [9.17, 15) is 5.11 Å². The van der Waals surface area contributed by atoms with E-state index in [2.05, 4.69) is 20.7 Å². The van der Waals surface area contributed by atoms with Gasteiger partial charge in [-0.1, -0.05) is 13.8 Å². The van der Waals surface area contributed by atoms with Gasteiger partial charge in [0.2, 0.25) is 0 Å². The highest BCUT2D eigenvalue weighted by molar-refractivity contribution is 5.47. The molecule has 1 aromatic rings. The fraction of sp³-hybridized carbons (Fsp3) is 0.600. The van der Waals surface area contributed by atoms with Crippen molar-refractivity contribution in [3.05, 3.63) is 12.4 Å². The average Bonchev–Trinajstić information content (AvgIpc) is 2.36. The third kappa shape index (κ3) is 2.80. The molecule has 1 heterocycles. The van der Waals surface area contributed by atoms with Crippen LogP contribution < -0.4 is 16.6 Å². The SMILES string of the molecule is CCC(CC)(CO)Nc1cc(NN)ncn1. The van der Waals surface area contributed by atoms with E-state index in [-0.39, 0.29) is 12.1 Å². The van der Waals surface area contributed by atoms with Gasteiger partial charge in [0, 0.05) is 6.07 Å². The second kappa shape index (κ2) is 5.62. The van der Waals surface area contributed by atoms with E-state index in [0.717, 1.165) is 12.8 Å². The van der Waals surface area contributed by atoms with Gasteiger partial charge in [-0.25, -0.2) is 15.8 Å². The van der Waals surface area contributed by atoms with Crippen molar-refractivity contribution in [1.29, 1.82) is 0 Å². The summed E-state index contributed by atoms with van der Waals surface area (Å²) in [6.07, 6.45) is 3.05. The zero-order valence-corrected chi connectivity index (χ0v) is 9.70. The number of nitrogen functional groups attached to an aromatic ring is 1. The molecule has 0 aliphatic heterocycles. The quantitative estimate of drug-likeness (QED) is 0.421. The van der Waals surface area contributed by atoms with Gasteiger partial charge in [-0.2, -0.15) is 0 Å². The van der Waals surface area contributed by atoms with Crippen LogP contribution in [0, 0.1) is 0 Å². The standard InChI is InChI=1S/C10H19N5O/c1-3-10(4-2,6-16)14-8-5-9(15-11)13-7-12-8/h5,7,16H,3-4,6,11H2,1-2H3,(H2,12,13,14,15). The Morgan fingerprint density at radius 2 is 1.94 bits per heavy atom. The van der Waals surface area contributed by atoms with Crippen molar-refractivity contribution < 1.29 is 5.11 Å². The van der Waals surface area contributed by atoms with Crippen LogP contribution in [0.2, 0.25) is 0 Å². The molecule has 0 radical (unpaired) electrons. The van der Waals surface area contributed by atoms with Crippen molar-refractivity contribution in [1.82, 2.24) is 9.97 Å². The molecule has 0 spiro atoms. The summed E-state index contributed by atoms with van der Waals surface area (Å²) in [5.74, 6) is 6.45. The molecule has 0 atom stereocenters. The fourth-order valence-corrected chi connectivity index (χ4v) is 1.47. The third-order valence-electron chi connectivity index (χ3n) is 2.86. The number of anilines is 2. The van der Waals surface area contributed by atoms with Crippen molar-refractivity contribution in [3.63, 3.8) is 0 Å². The number of nitrogens with zero attached hydrogens (tertiary/aromatic N) is 2. The van der Waals surface area contributed by atoms with Crippen molar-refractivity contribution >= 4 is 11.6 Å². The van der Waals surface area contributed by atoms with Crippen LogP contribution >= 0.6 is 0 Å². The molecule has 0 bridgehead atoms. The molecule has 90 valence electrons. The van der Waals surface area contributed by atoms with Gasteiger partial charge >= 0.3 is 0 Å². The number of hydrogen-bond acceptors (Lipinski definition) is 6. The maximum atomic E-state index is 9.42. The minimum absolute atomic E-state index is 0.0649. The van der Waals surface area contributed by atoms with Crippen LogP contribution in [-0.2, 0) is 0 Å². The zero-order chi connectivity index (χ0) is 12.0. The van der Waals surface area contributed by atoms with Gasteiger partial charge in [0.05, 0.1) is 12.1 Å². The first-order valence-corrected chi connectivity index (χ1v) is 5.37. The predicted octanol–water partition coefficient (Wildman–Crippen LogP) is 0.725. The summed E-state index contributed by atoms with van der Waals surface area (Å²) in [6.45, 7) is 4.11. The van der Waals surface area contributed by atoms with E-state index in [1.54, 1.807) is 6.07 Å². The highest BCUT2D eigenvalue weighted by Crippen LogP contribution is 2.21. The Morgan fingerprint density at radius 3 is 2.44 bits per heavy atom. The topological polar surface area (TPSA) is 96.1 Å². The van der Waals surface area contributed by atoms with Gasteiger partial charge in [-0.3, -0.25) is 0 Å². The number of hydrogen-bond donors (Lipinski definition) is 4. The number of aliphatic hydroxyl groups excluding tert-OH is 1. The minimum Gasteiger partial charge on any atom is -0.394 e. The van der Waals surface area contributed by atoms with E-state index in [0.29, 0.717) is 11.6 Å². The second-order valence-electron chi connectivity index (χ2n) is 3.70. The Labute approximate surface area is 95.3 Å². The summed E-state index contributed by atoms with van der Waals surface area (Å²) in [4.78, 5) is 8.00. The van der Waals surface area contributed by atoms with Crippen molar-refractivity contribution in [3.8, 4) is 0 Å². The van der Waals surface area contributed by atoms with Crippen LogP contribution in [0.4, 0.5) is 11.6 Å². The molecule has 1 rings (SSSR count). The first kappa shape index (κ1) is 12.7. The molecule has 1 aromatic heterocycles. The van der Waals surface area contributed by atoms with E-state index in [1.165, 1.54) is 6.33 Å². The molecule has 16 heavy (non-hydrogen) atoms. The van der Waals surface area contributed by atoms with Gasteiger partial charge in [0.15, 0.2) is 0 Å². The normalized spacial score (nSPS) is 11.2. The van der Waals surface area contributed by atoms with Crippen LogP contribution in [0.1, 0.15) is 26.7 Å². The van der Waals surface area contributed by atoms with Gasteiger partial charge in [0.25, 0.3) is 0 Å². The summed E-state index contributed by atoms with van der Waals surface area (Å²) >= 11 is 0. The van der Waals surface area contributed by atoms with Gasteiger partial charge in [0.1, 0.15) is 18.0 Å². The average molecular weight is 225 g/mol. The minimum atomic E-state index is -0.333. The summed E-state index contributed by atoms with van der Waals surface area (Å²) in [5, 5.41) is 12.6. The van der Waals surface area contributed by atoms with E-state index in [1.807, 2.05) is 13.8 Å². The molecular formula is C10H19N5O. The molecule has 6 heteroatoms. The number of hydrazine groups is 1. The monoisotopic (exact) mass is 225 g/mol. The lowest BCUT2D eigenvalue weighted by Crippen LogP contribution is -2.41. The molecular weight excluding hydrogens is 206 g/mol. The van der Waals surface area contributed by atoms with Gasteiger partial charge in [-0.05, 0) is 12.8 Å². The van der Waals surface area contributed by atoms with Crippen molar-refractivity contribution in [2.75, 3.05) is 17.3 Å². The first-order valence-electron chi connectivity index (χ1n) is 5.37. The first-order chi connectivity index (χ1) is 7.69. The lowest BCUT2D eigenvalue weighted by atomic mass is 9.94. The number of aliphatic hydroxyl groups is 1. The lowest BCUT2D eigenvalue weighted by molar-refractivity contribution is 0.202. The Balaban J connectivity index is 2.84. The summed E-state index contributed by atoms with van der Waals surface area (Å²) < 4.78 is 0. The molecule has 0 amide bonds. The number of nitrogens with two attached hydrogens (primary N) is 1. The molecule has 0 fully saturated rings. The summed E-state index contributed by atoms with van der Waals surface area (Å²) in [7, 11) is 0. The predicted molar refractivity (Wildman–Crippen MR) is 63.9 cm³/mol. The van der Waals surface area contributed by atoms with Crippen LogP contribution in [0.3, 0.4) is 0 Å². The second-order valence-corrected chi connectivity index (χ2v) is 3.70. The summed E-state index contributed by atoms with van der Waals surface area (Å²) in [5.41, 5.74) is 2.12. The summed E-state index contributed by atoms with van der Waals surface area (Å²) in [6, 6.07) is 1.70. The molecule has 6 nitrogen and oxygen atoms in total. The molecule has 0 aliphatic carbocycles. The molecule has 0 aliphatic rings. The van der Waals surface area contributed by atoms with Gasteiger partial charge in [-0.15, -0.1) is 0 Å². The molecule has 0 saturated carbocycles. The molecule has 5 N–H and O–H groups in total. The molecule has 0 unspecified atom stereocenters. The Kier molecular flexibility index (Phi) is 4.45. The van der Waals surface area contributed by atoms with E-state index >= 15 is 0 Å². The highest BCUT2D eigenvalue weighted by Gasteiger charge is 2.25. The zero-order valence-electron chi connectivity index (χ0n) is 9.70. The maximum absolute atomic E-state index is 9.42. The molecule has 0 saturated heterocycles. The smallest absolute Gasteiger partial charge is 0.145 e. The Hall–Kier alpha value is -1.40. The number of nitrogens with one attached hydrogen (secondary N) is 2. The fourth-order valence-electron chi connectivity index (χ4n) is 1.47. The Morgan fingerprint density at radius 1 is 1.31 bits per heavy atom. The highest BCUT2D eigenvalue weighted by atomic mass is 16.3. The largest absolute Gasteiger partial charge is 0.394 e. The van der Waals surface area contributed by atoms with Crippen LogP contribution in [-0.4, -0.2) is 27.2 Å². The number of rotatable bonds is 6. The number of aromatic nitrogens is 2. The van der Waals surface area contributed by atoms with Crippen molar-refractivity contribution in [2.45, 2.75) is 32.2 Å². The molecule has 0 aromatic carbocycles. The van der Waals surface area contributed by atoms with E-state index < -0.39 is 0 Å². The van der Waals surface area contributed by atoms with Gasteiger partial charge < -0.3 is 15.8 Å². The van der Waals surface area contributed by atoms with Crippen LogP contribution in [0.5, 0.6) is 0 Å².